The van der Waals surface area contributed by atoms with Gasteiger partial charge < -0.3 is 20.1 Å². The summed E-state index contributed by atoms with van der Waals surface area (Å²) in [5.74, 6) is 0.441. The molecular weight excluding hydrogens is 510 g/mol. The Labute approximate surface area is 230 Å². The molecule has 2 aliphatic heterocycles. The Morgan fingerprint density at radius 3 is 2.43 bits per heavy atom. The molecule has 1 spiro atoms. The number of hydrogen-bond donors (Lipinski definition) is 2. The fraction of sp³-hybridized carbons (Fsp3) is 0.571. The second-order valence-corrected chi connectivity index (χ2v) is 11.4. The molecule has 2 fully saturated rings. The normalized spacial score (nSPS) is 20.6. The number of ether oxygens (including phenoxy) is 1. The highest BCUT2D eigenvalue weighted by molar-refractivity contribution is 7.12. The molecule has 0 saturated carbocycles. The molecule has 2 N–H and O–H groups in total. The molecule has 2 aromatic rings. The van der Waals surface area contributed by atoms with Gasteiger partial charge in [-0.05, 0) is 66.8 Å². The number of carbonyl (C=O) groups excluding carboxylic acids is 2. The van der Waals surface area contributed by atoms with Crippen LogP contribution in [0.5, 0.6) is 10.8 Å². The zero-order valence-electron chi connectivity index (χ0n) is 22.2. The Hall–Kier alpha value is -2.13. The summed E-state index contributed by atoms with van der Waals surface area (Å²) in [7, 11) is 0. The lowest BCUT2D eigenvalue weighted by molar-refractivity contribution is -0.165. The van der Waals surface area contributed by atoms with Crippen molar-refractivity contribution in [3.63, 3.8) is 0 Å². The average Bonchev–Trinajstić information content (AvgIpc) is 3.27. The second kappa shape index (κ2) is 12.6. The van der Waals surface area contributed by atoms with E-state index in [4.69, 9.17) is 4.74 Å². The predicted octanol–water partition coefficient (Wildman–Crippen LogP) is 4.75. The minimum atomic E-state index is -0.890. The molecule has 1 aromatic carbocycles. The molecule has 1 aromatic heterocycles. The number of aryl methyl sites for hydroxylation is 1. The highest BCUT2D eigenvalue weighted by Gasteiger charge is 2.54. The van der Waals surface area contributed by atoms with E-state index in [1.165, 1.54) is 11.1 Å². The summed E-state index contributed by atoms with van der Waals surface area (Å²) in [4.78, 5) is 31.0. The lowest BCUT2D eigenvalue weighted by Crippen LogP contribution is -2.74. The summed E-state index contributed by atoms with van der Waals surface area (Å²) in [5, 5.41) is 16.5. The van der Waals surface area contributed by atoms with E-state index in [2.05, 4.69) is 41.6 Å². The van der Waals surface area contributed by atoms with Gasteiger partial charge in [-0.3, -0.25) is 14.5 Å². The summed E-state index contributed by atoms with van der Waals surface area (Å²) in [6.07, 6.45) is 2.08. The number of benzene rings is 1. The molecule has 0 radical (unpaired) electrons. The van der Waals surface area contributed by atoms with Crippen molar-refractivity contribution >= 4 is 35.6 Å². The zero-order chi connectivity index (χ0) is 25.9. The molecule has 37 heavy (non-hydrogen) atoms. The van der Waals surface area contributed by atoms with E-state index in [0.717, 1.165) is 43.3 Å². The van der Waals surface area contributed by atoms with E-state index in [-0.39, 0.29) is 30.1 Å². The number of piperazine rings is 1. The van der Waals surface area contributed by atoms with Crippen molar-refractivity contribution in [2.45, 2.75) is 77.6 Å². The third-order valence-electron chi connectivity index (χ3n) is 7.46. The maximum atomic E-state index is 13.5. The minimum Gasteiger partial charge on any atom is -0.447 e. The first-order chi connectivity index (χ1) is 17.2. The maximum Gasteiger partial charge on any atom is 0.248 e. The van der Waals surface area contributed by atoms with Crippen LogP contribution in [0.4, 0.5) is 0 Å². The molecule has 4 rings (SSSR count). The van der Waals surface area contributed by atoms with Crippen molar-refractivity contribution < 1.29 is 19.4 Å². The van der Waals surface area contributed by atoms with Crippen LogP contribution in [0, 0.1) is 12.8 Å². The van der Waals surface area contributed by atoms with E-state index < -0.39 is 17.7 Å². The van der Waals surface area contributed by atoms with E-state index in [1.54, 1.807) is 16.2 Å². The second-order valence-electron chi connectivity index (χ2n) is 10.5. The van der Waals surface area contributed by atoms with Crippen molar-refractivity contribution in [2.24, 2.45) is 5.92 Å². The predicted molar refractivity (Wildman–Crippen MR) is 149 cm³/mol. The Morgan fingerprint density at radius 2 is 1.86 bits per heavy atom. The number of nitrogens with zero attached hydrogens (tertiary/aromatic N) is 2. The molecule has 9 heteroatoms. The van der Waals surface area contributed by atoms with Crippen molar-refractivity contribution in [1.82, 2.24) is 15.1 Å². The van der Waals surface area contributed by atoms with Gasteiger partial charge >= 0.3 is 0 Å². The van der Waals surface area contributed by atoms with Crippen LogP contribution >= 0.6 is 23.7 Å². The van der Waals surface area contributed by atoms with E-state index in [9.17, 15) is 14.7 Å². The number of nitrogens with one attached hydrogen (secondary N) is 1. The van der Waals surface area contributed by atoms with Gasteiger partial charge in [0.15, 0.2) is 5.06 Å². The largest absolute Gasteiger partial charge is 0.447 e. The molecule has 0 aliphatic carbocycles. The van der Waals surface area contributed by atoms with Crippen LogP contribution in [0.1, 0.15) is 57.6 Å². The van der Waals surface area contributed by atoms with Crippen LogP contribution in [-0.4, -0.2) is 64.0 Å². The van der Waals surface area contributed by atoms with Crippen LogP contribution in [-0.2, 0) is 16.1 Å². The molecule has 2 aliphatic rings. The number of unbranched alkanes of at least 4 members (excludes halogenated alkanes) is 1. The molecule has 0 bridgehead atoms. The van der Waals surface area contributed by atoms with E-state index in [1.807, 2.05) is 32.0 Å². The van der Waals surface area contributed by atoms with Gasteiger partial charge in [0.05, 0.1) is 6.10 Å². The fourth-order valence-corrected chi connectivity index (χ4v) is 5.94. The molecule has 3 heterocycles. The number of hydrogen-bond acceptors (Lipinski definition) is 6. The number of likely N-dealkylation sites (tertiary alicyclic amines) is 1. The van der Waals surface area contributed by atoms with Crippen LogP contribution in [0.3, 0.4) is 0 Å². The van der Waals surface area contributed by atoms with Gasteiger partial charge in [-0.25, -0.2) is 0 Å². The first-order valence-corrected chi connectivity index (χ1v) is 14.0. The first kappa shape index (κ1) is 29.4. The molecule has 2 atom stereocenters. The number of amides is 2. The topological polar surface area (TPSA) is 82.1 Å². The van der Waals surface area contributed by atoms with Gasteiger partial charge in [-0.2, -0.15) is 0 Å². The quantitative estimate of drug-likeness (QED) is 0.472. The summed E-state index contributed by atoms with van der Waals surface area (Å²) >= 11 is 1.59. The Bertz CT molecular complexity index is 1050. The van der Waals surface area contributed by atoms with Gasteiger partial charge in [0.2, 0.25) is 11.8 Å². The third kappa shape index (κ3) is 6.48. The SMILES string of the molecule is CCCCN1C(=O)[C@@H]([C@H](O)C(C)C)NC(=O)C12CCN(Cc1ccc(Oc3cc(C)cs3)cc1)CC2.Cl. The lowest BCUT2D eigenvalue weighted by atomic mass is 9.80. The summed E-state index contributed by atoms with van der Waals surface area (Å²) in [6, 6.07) is 9.33. The Morgan fingerprint density at radius 1 is 1.19 bits per heavy atom. The smallest absolute Gasteiger partial charge is 0.248 e. The minimum absolute atomic E-state index is 0. The molecule has 0 unspecified atom stereocenters. The summed E-state index contributed by atoms with van der Waals surface area (Å²) < 4.78 is 5.93. The number of halogens is 1. The number of aliphatic hydroxyl groups excluding tert-OH is 1. The van der Waals surface area contributed by atoms with E-state index in [0.29, 0.717) is 19.4 Å². The number of aliphatic hydroxyl groups is 1. The van der Waals surface area contributed by atoms with Gasteiger partial charge in [-0.1, -0.05) is 39.3 Å². The zero-order valence-corrected chi connectivity index (χ0v) is 23.9. The summed E-state index contributed by atoms with van der Waals surface area (Å²) in [5.41, 5.74) is 1.56. The third-order valence-corrected chi connectivity index (χ3v) is 8.38. The van der Waals surface area contributed by atoms with Crippen LogP contribution in [0.15, 0.2) is 35.7 Å². The lowest BCUT2D eigenvalue weighted by Gasteiger charge is -2.52. The highest BCUT2D eigenvalue weighted by atomic mass is 35.5. The number of thiophene rings is 1. The van der Waals surface area contributed by atoms with Crippen molar-refractivity contribution in [3.05, 3.63) is 46.8 Å². The standard InChI is InChI=1S/C28H39N3O4S.ClH/c1-5-6-13-31-26(33)24(25(32)19(2)3)29-27(34)28(31)11-14-30(15-12-28)17-21-7-9-22(10-8-21)35-23-16-20(4)18-36-23;/h7-10,16,18-19,24-25,32H,5-6,11-15,17H2,1-4H3,(H,29,34);1H/t24-,25-;/m1./s1. The Balaban J connectivity index is 0.00000380. The molecule has 204 valence electrons. The number of rotatable bonds is 9. The first-order valence-electron chi connectivity index (χ1n) is 13.1. The molecule has 7 nitrogen and oxygen atoms in total. The van der Waals surface area contributed by atoms with Gasteiger partial charge in [0.25, 0.3) is 0 Å². The molecule has 2 amide bonds. The molecular formula is C28H40ClN3O4S. The average molecular weight is 550 g/mol. The van der Waals surface area contributed by atoms with Crippen LogP contribution in [0.25, 0.3) is 0 Å². The van der Waals surface area contributed by atoms with Gasteiger partial charge in [0.1, 0.15) is 17.3 Å². The van der Waals surface area contributed by atoms with Crippen LogP contribution in [0.2, 0.25) is 0 Å². The van der Waals surface area contributed by atoms with Gasteiger partial charge in [0, 0.05) is 26.2 Å². The van der Waals surface area contributed by atoms with Gasteiger partial charge in [-0.15, -0.1) is 23.7 Å². The van der Waals surface area contributed by atoms with E-state index >= 15 is 0 Å². The number of piperidine rings is 1. The fourth-order valence-electron chi connectivity index (χ4n) is 5.17. The highest BCUT2D eigenvalue weighted by Crippen LogP contribution is 2.35. The van der Waals surface area contributed by atoms with Crippen molar-refractivity contribution in [1.29, 1.82) is 0 Å². The van der Waals surface area contributed by atoms with Crippen molar-refractivity contribution in [3.8, 4) is 10.8 Å². The number of carbonyl (C=O) groups is 2. The molecule has 2 saturated heterocycles. The monoisotopic (exact) mass is 549 g/mol. The maximum absolute atomic E-state index is 13.5. The van der Waals surface area contributed by atoms with Crippen molar-refractivity contribution in [2.75, 3.05) is 19.6 Å². The Kier molecular flexibility index (Phi) is 10.0. The summed E-state index contributed by atoms with van der Waals surface area (Å²) in [6.45, 7) is 10.7. The van der Waals surface area contributed by atoms with Crippen LogP contribution < -0.4 is 10.1 Å².